The predicted octanol–water partition coefficient (Wildman–Crippen LogP) is 4.96. The fraction of sp³-hybridized carbons (Fsp3) is 0.214. The molecule has 0 aliphatic carbocycles. The molecule has 0 fully saturated rings. The van der Waals surface area contributed by atoms with Crippen LogP contribution < -0.4 is 9.64 Å². The van der Waals surface area contributed by atoms with Gasteiger partial charge in [-0.3, -0.25) is 14.2 Å². The predicted molar refractivity (Wildman–Crippen MR) is 140 cm³/mol. The molecule has 0 bridgehead atoms. The Labute approximate surface area is 214 Å². The van der Waals surface area contributed by atoms with Crippen LogP contribution in [-0.4, -0.2) is 39.3 Å². The van der Waals surface area contributed by atoms with Gasteiger partial charge in [-0.15, -0.1) is 10.2 Å². The van der Waals surface area contributed by atoms with Crippen molar-refractivity contribution in [1.29, 1.82) is 0 Å². The first-order valence-electron chi connectivity index (χ1n) is 11.7. The molecular formula is C28H26N4O3S. The summed E-state index contributed by atoms with van der Waals surface area (Å²) < 4.78 is 8.09. The first-order chi connectivity index (χ1) is 17.4. The number of para-hydroxylation sites is 2. The Morgan fingerprint density at radius 3 is 2.50 bits per heavy atom. The largest absolute Gasteiger partial charge is 0.485 e. The number of ketones is 1. The van der Waals surface area contributed by atoms with Gasteiger partial charge in [0.15, 0.2) is 16.8 Å². The number of carbonyl (C=O) groups excluding carboxylic acids is 2. The molecular weight excluding hydrogens is 472 g/mol. The maximum atomic E-state index is 13.0. The number of nitrogens with zero attached hydrogens (tertiary/aromatic N) is 4. The van der Waals surface area contributed by atoms with Crippen molar-refractivity contribution < 1.29 is 14.3 Å². The quantitative estimate of drug-likeness (QED) is 0.253. The lowest BCUT2D eigenvalue weighted by Gasteiger charge is -2.13. The SMILES string of the molecule is Cc1cccc(C)c1OCc1nnc(SCC(=O)c2ccc3c(c2)CC(=O)N3C)n1-c1ccccc1. The molecule has 2 heterocycles. The van der Waals surface area contributed by atoms with E-state index >= 15 is 0 Å². The average Bonchev–Trinajstić information content (AvgIpc) is 3.42. The zero-order chi connectivity index (χ0) is 25.2. The Kier molecular flexibility index (Phi) is 6.61. The number of anilines is 1. The van der Waals surface area contributed by atoms with E-state index in [1.807, 2.05) is 79.1 Å². The highest BCUT2D eigenvalue weighted by molar-refractivity contribution is 7.99. The van der Waals surface area contributed by atoms with Gasteiger partial charge in [0.05, 0.1) is 12.2 Å². The monoisotopic (exact) mass is 498 g/mol. The Morgan fingerprint density at radius 1 is 1.00 bits per heavy atom. The summed E-state index contributed by atoms with van der Waals surface area (Å²) in [6.45, 7) is 4.28. The molecule has 0 atom stereocenters. The van der Waals surface area contributed by atoms with Crippen LogP contribution in [-0.2, 0) is 17.8 Å². The fourth-order valence-electron chi connectivity index (χ4n) is 4.34. The maximum absolute atomic E-state index is 13.0. The van der Waals surface area contributed by atoms with Gasteiger partial charge in [-0.05, 0) is 60.9 Å². The minimum atomic E-state index is -0.0271. The Morgan fingerprint density at radius 2 is 1.75 bits per heavy atom. The third-order valence-corrected chi connectivity index (χ3v) is 7.21. The summed E-state index contributed by atoms with van der Waals surface area (Å²) >= 11 is 1.33. The first-order valence-corrected chi connectivity index (χ1v) is 12.6. The van der Waals surface area contributed by atoms with Crippen molar-refractivity contribution in [2.45, 2.75) is 32.0 Å². The van der Waals surface area contributed by atoms with Gasteiger partial charge in [0, 0.05) is 24.0 Å². The maximum Gasteiger partial charge on any atom is 0.231 e. The van der Waals surface area contributed by atoms with E-state index in [0.717, 1.165) is 33.8 Å². The van der Waals surface area contributed by atoms with Gasteiger partial charge in [0.25, 0.3) is 0 Å². The van der Waals surface area contributed by atoms with E-state index in [4.69, 9.17) is 4.74 Å². The molecule has 1 amide bonds. The van der Waals surface area contributed by atoms with E-state index in [0.29, 0.717) is 23.0 Å². The molecule has 36 heavy (non-hydrogen) atoms. The fourth-order valence-corrected chi connectivity index (χ4v) is 5.21. The molecule has 0 N–H and O–H groups in total. The molecule has 7 nitrogen and oxygen atoms in total. The molecule has 182 valence electrons. The van der Waals surface area contributed by atoms with Gasteiger partial charge in [-0.2, -0.15) is 0 Å². The highest BCUT2D eigenvalue weighted by Crippen LogP contribution is 2.30. The number of hydrogen-bond donors (Lipinski definition) is 0. The van der Waals surface area contributed by atoms with Gasteiger partial charge >= 0.3 is 0 Å². The molecule has 1 aliphatic heterocycles. The molecule has 1 aliphatic rings. The average molecular weight is 499 g/mol. The number of rotatable bonds is 8. The molecule has 0 spiro atoms. The topological polar surface area (TPSA) is 77.3 Å². The summed E-state index contributed by atoms with van der Waals surface area (Å²) in [7, 11) is 1.75. The van der Waals surface area contributed by atoms with Crippen molar-refractivity contribution in [2.24, 2.45) is 0 Å². The number of ether oxygens (including phenoxy) is 1. The Hall–Kier alpha value is -3.91. The number of benzene rings is 3. The normalized spacial score (nSPS) is 12.6. The highest BCUT2D eigenvalue weighted by Gasteiger charge is 2.25. The van der Waals surface area contributed by atoms with Crippen LogP contribution in [0.2, 0.25) is 0 Å². The van der Waals surface area contributed by atoms with Crippen LogP contribution >= 0.6 is 11.8 Å². The molecule has 0 saturated heterocycles. The second-order valence-electron chi connectivity index (χ2n) is 8.76. The molecule has 3 aromatic carbocycles. The number of likely N-dealkylation sites (N-methyl/N-ethyl adjacent to an activating group) is 1. The Bertz CT molecular complexity index is 1430. The number of carbonyl (C=O) groups is 2. The van der Waals surface area contributed by atoms with Crippen LogP contribution in [0.5, 0.6) is 5.75 Å². The van der Waals surface area contributed by atoms with Crippen LogP contribution in [0.25, 0.3) is 5.69 Å². The van der Waals surface area contributed by atoms with E-state index in [2.05, 4.69) is 10.2 Å². The van der Waals surface area contributed by atoms with Crippen LogP contribution in [0.15, 0.2) is 71.9 Å². The molecule has 4 aromatic rings. The smallest absolute Gasteiger partial charge is 0.231 e. The van der Waals surface area contributed by atoms with E-state index in [-0.39, 0.29) is 24.1 Å². The summed E-state index contributed by atoms with van der Waals surface area (Å²) in [4.78, 5) is 26.6. The zero-order valence-electron chi connectivity index (χ0n) is 20.4. The van der Waals surface area contributed by atoms with Gasteiger partial charge in [0.1, 0.15) is 12.4 Å². The third-order valence-electron chi connectivity index (χ3n) is 6.28. The third kappa shape index (κ3) is 4.64. The number of fused-ring (bicyclic) bond motifs is 1. The highest BCUT2D eigenvalue weighted by atomic mass is 32.2. The number of hydrogen-bond acceptors (Lipinski definition) is 6. The molecule has 0 unspecified atom stereocenters. The van der Waals surface area contributed by atoms with Crippen molar-refractivity contribution in [3.05, 3.63) is 94.8 Å². The summed E-state index contributed by atoms with van der Waals surface area (Å²) in [5.74, 6) is 1.70. The number of thioether (sulfide) groups is 1. The second-order valence-corrected chi connectivity index (χ2v) is 9.71. The van der Waals surface area contributed by atoms with Crippen LogP contribution in [0.1, 0.15) is 32.9 Å². The van der Waals surface area contributed by atoms with Gasteiger partial charge in [-0.1, -0.05) is 48.2 Å². The standard InChI is InChI=1S/C28H26N4O3S/c1-18-8-7-9-19(2)27(18)35-16-25-29-30-28(32(25)22-10-5-4-6-11-22)36-17-24(33)20-12-13-23-21(14-20)15-26(34)31(23)3/h4-14H,15-17H2,1-3H3. The molecule has 1 aromatic heterocycles. The number of aryl methyl sites for hydroxylation is 2. The molecule has 0 saturated carbocycles. The summed E-state index contributed by atoms with van der Waals surface area (Å²) in [6.07, 6.45) is 0.326. The van der Waals surface area contributed by atoms with Crippen molar-refractivity contribution in [3.63, 3.8) is 0 Å². The first kappa shape index (κ1) is 23.8. The van der Waals surface area contributed by atoms with Gasteiger partial charge in [-0.25, -0.2) is 0 Å². The summed E-state index contributed by atoms with van der Waals surface area (Å²) in [5.41, 5.74) is 5.36. The number of Topliss-reactive ketones (excluding diaryl/α,β-unsaturated/α-hetero) is 1. The van der Waals surface area contributed by atoms with Gasteiger partial charge in [0.2, 0.25) is 5.91 Å². The lowest BCUT2D eigenvalue weighted by molar-refractivity contribution is -0.117. The van der Waals surface area contributed by atoms with Crippen molar-refractivity contribution in [3.8, 4) is 11.4 Å². The molecule has 0 radical (unpaired) electrons. The lowest BCUT2D eigenvalue weighted by Crippen LogP contribution is -2.20. The Balaban J connectivity index is 1.36. The van der Waals surface area contributed by atoms with Gasteiger partial charge < -0.3 is 9.64 Å². The summed E-state index contributed by atoms with van der Waals surface area (Å²) in [6, 6.07) is 21.3. The van der Waals surface area contributed by atoms with E-state index in [1.165, 1.54) is 11.8 Å². The number of amides is 1. The zero-order valence-corrected chi connectivity index (χ0v) is 21.2. The van der Waals surface area contributed by atoms with Crippen molar-refractivity contribution in [1.82, 2.24) is 14.8 Å². The van der Waals surface area contributed by atoms with Crippen molar-refractivity contribution >= 4 is 29.1 Å². The summed E-state index contributed by atoms with van der Waals surface area (Å²) in [5, 5.41) is 9.40. The second kappa shape index (κ2) is 9.99. The number of aromatic nitrogens is 3. The minimum absolute atomic E-state index is 0.0271. The van der Waals surface area contributed by atoms with Crippen LogP contribution in [0.4, 0.5) is 5.69 Å². The molecule has 8 heteroatoms. The van der Waals surface area contributed by atoms with Crippen molar-refractivity contribution in [2.75, 3.05) is 17.7 Å². The van der Waals surface area contributed by atoms with Crippen LogP contribution in [0, 0.1) is 13.8 Å². The van der Waals surface area contributed by atoms with Crippen LogP contribution in [0.3, 0.4) is 0 Å². The van der Waals surface area contributed by atoms with E-state index < -0.39 is 0 Å². The molecule has 5 rings (SSSR count). The van der Waals surface area contributed by atoms with E-state index in [1.54, 1.807) is 18.0 Å². The van der Waals surface area contributed by atoms with E-state index in [9.17, 15) is 9.59 Å². The lowest BCUT2D eigenvalue weighted by atomic mass is 10.1. The minimum Gasteiger partial charge on any atom is -0.485 e.